The van der Waals surface area contributed by atoms with Gasteiger partial charge in [-0.3, -0.25) is 4.79 Å². The van der Waals surface area contributed by atoms with Crippen LogP contribution in [0.3, 0.4) is 0 Å². The van der Waals surface area contributed by atoms with Crippen LogP contribution in [0, 0.1) is 12.7 Å². The normalized spacial score (nSPS) is 16.4. The maximum absolute atomic E-state index is 14.4. The number of fused-ring (bicyclic) bond motifs is 1. The molecule has 1 aliphatic heterocycles. The number of pyridine rings is 1. The molecule has 0 radical (unpaired) electrons. The van der Waals surface area contributed by atoms with Crippen LogP contribution in [0.15, 0.2) is 30.6 Å². The second-order valence-electron chi connectivity index (χ2n) is 11.4. The molecule has 1 aromatic carbocycles. The molecule has 2 aliphatic rings. The number of amides is 2. The van der Waals surface area contributed by atoms with Crippen molar-refractivity contribution in [2.45, 2.75) is 71.1 Å². The number of ether oxygens (including phenoxy) is 1. The number of nitrogen functional groups attached to an aromatic ring is 1. The smallest absolute Gasteiger partial charge is 0.410 e. The minimum atomic E-state index is -0.568. The highest BCUT2D eigenvalue weighted by molar-refractivity contribution is 6.09. The van der Waals surface area contributed by atoms with Gasteiger partial charge < -0.3 is 35.1 Å². The lowest BCUT2D eigenvalue weighted by Crippen LogP contribution is -2.50. The van der Waals surface area contributed by atoms with E-state index < -0.39 is 17.3 Å². The van der Waals surface area contributed by atoms with Crippen LogP contribution >= 0.6 is 0 Å². The number of carbonyl (C=O) groups excluding carboxylic acids is 2. The Balaban J connectivity index is 1.27. The highest BCUT2D eigenvalue weighted by atomic mass is 19.1. The molecular weight excluding hydrogens is 503 g/mol. The number of anilines is 3. The van der Waals surface area contributed by atoms with Crippen molar-refractivity contribution in [2.24, 2.45) is 0 Å². The topological polar surface area (TPSA) is 125 Å². The molecule has 1 saturated heterocycles. The number of hydrogen-bond donors (Lipinski definition) is 3. The summed E-state index contributed by atoms with van der Waals surface area (Å²) >= 11 is 0. The second kappa shape index (κ2) is 9.94. The first-order valence-corrected chi connectivity index (χ1v) is 13.2. The molecule has 208 valence electrons. The van der Waals surface area contributed by atoms with E-state index in [0.717, 1.165) is 25.7 Å². The molecule has 0 unspecified atom stereocenters. The van der Waals surface area contributed by atoms with E-state index in [9.17, 15) is 19.1 Å². The van der Waals surface area contributed by atoms with Gasteiger partial charge in [-0.1, -0.05) is 0 Å². The third-order valence-corrected chi connectivity index (χ3v) is 7.07. The number of aromatic hydroxyl groups is 1. The number of benzene rings is 1. The summed E-state index contributed by atoms with van der Waals surface area (Å²) in [6, 6.07) is 4.70. The fourth-order valence-electron chi connectivity index (χ4n) is 5.14. The average Bonchev–Trinajstić information content (AvgIpc) is 3.60. The monoisotopic (exact) mass is 538 g/mol. The van der Waals surface area contributed by atoms with Crippen molar-refractivity contribution >= 4 is 34.7 Å². The second-order valence-corrected chi connectivity index (χ2v) is 11.4. The van der Waals surface area contributed by atoms with Gasteiger partial charge in [-0.2, -0.15) is 0 Å². The van der Waals surface area contributed by atoms with E-state index in [-0.39, 0.29) is 46.5 Å². The third-order valence-electron chi connectivity index (χ3n) is 7.07. The molecule has 0 bridgehead atoms. The van der Waals surface area contributed by atoms with E-state index in [0.29, 0.717) is 24.5 Å². The van der Waals surface area contributed by atoms with Gasteiger partial charge in [0.15, 0.2) is 17.2 Å². The quantitative estimate of drug-likeness (QED) is 0.318. The van der Waals surface area contributed by atoms with E-state index in [1.54, 1.807) is 31.5 Å². The van der Waals surface area contributed by atoms with Crippen molar-refractivity contribution in [3.63, 3.8) is 0 Å². The maximum atomic E-state index is 14.4. The van der Waals surface area contributed by atoms with Crippen LogP contribution in [-0.2, 0) is 4.74 Å². The van der Waals surface area contributed by atoms with Crippen LogP contribution in [0.4, 0.5) is 26.2 Å². The van der Waals surface area contributed by atoms with Gasteiger partial charge >= 0.3 is 6.09 Å². The number of nitrogens with zero attached hydrogens (tertiary/aromatic N) is 4. The minimum absolute atomic E-state index is 0.0551. The van der Waals surface area contributed by atoms with E-state index in [1.165, 1.54) is 10.5 Å². The molecule has 1 aliphatic carbocycles. The number of halogens is 1. The summed E-state index contributed by atoms with van der Waals surface area (Å²) in [6.07, 6.45) is 6.37. The Hall–Kier alpha value is -4.02. The lowest BCUT2D eigenvalue weighted by molar-refractivity contribution is 0.0113. The first-order chi connectivity index (χ1) is 18.4. The van der Waals surface area contributed by atoms with Gasteiger partial charge in [0.1, 0.15) is 5.60 Å². The number of rotatable bonds is 5. The molecule has 2 aromatic heterocycles. The molecule has 4 N–H and O–H groups in total. The predicted octanol–water partition coefficient (Wildman–Crippen LogP) is 4.69. The van der Waals surface area contributed by atoms with Gasteiger partial charge in [-0.15, -0.1) is 0 Å². The van der Waals surface area contributed by atoms with Crippen molar-refractivity contribution in [3.05, 3.63) is 47.7 Å². The Kier molecular flexibility index (Phi) is 6.77. The molecular formula is C28H35FN6O4. The van der Waals surface area contributed by atoms with Crippen molar-refractivity contribution in [1.82, 2.24) is 14.3 Å². The molecule has 0 atom stereocenters. The number of nitrogens with two attached hydrogens (primary N) is 1. The fraction of sp³-hybridized carbons (Fsp3) is 0.464. The van der Waals surface area contributed by atoms with E-state index >= 15 is 0 Å². The fourth-order valence-corrected chi connectivity index (χ4v) is 5.14. The highest BCUT2D eigenvalue weighted by Gasteiger charge is 2.41. The summed E-state index contributed by atoms with van der Waals surface area (Å²) in [5.41, 5.74) is 7.25. The third kappa shape index (κ3) is 5.57. The molecule has 39 heavy (non-hydrogen) atoms. The number of nitrogens with one attached hydrogen (secondary N) is 1. The van der Waals surface area contributed by atoms with Crippen LogP contribution in [-0.4, -0.2) is 62.2 Å². The molecule has 5 rings (SSSR count). The number of carbonyl (C=O) groups is 2. The number of phenolic OH excluding ortho intramolecular Hbond substituents is 1. The molecule has 2 fully saturated rings. The summed E-state index contributed by atoms with van der Waals surface area (Å²) < 4.78 is 21.6. The molecule has 0 spiro atoms. The Bertz CT molecular complexity index is 1420. The van der Waals surface area contributed by atoms with Crippen LogP contribution in [0.2, 0.25) is 0 Å². The van der Waals surface area contributed by atoms with Gasteiger partial charge in [-0.05, 0) is 65.5 Å². The van der Waals surface area contributed by atoms with Gasteiger partial charge in [0.05, 0.1) is 28.3 Å². The standard InChI is InChI=1S/C28H35FN6O4/c1-16-14-34-15-17(13-21(29)25(34)31-16)32-26(37)20-7-8-22(24(36)23(20)30)33-11-9-19(10-12-33)35(18-5-6-18)27(38)39-28(2,3)4/h7-8,13-15,18-19,36H,5-6,9-12,30H2,1-4H3,(H,32,37). The number of piperidine rings is 1. The SMILES string of the molecule is Cc1cn2cc(NC(=O)c3ccc(N4CCC(N(C(=O)OC(C)(C)C)C5CC5)CC4)c(O)c3N)cc(F)c2n1. The molecule has 1 saturated carbocycles. The maximum Gasteiger partial charge on any atom is 0.410 e. The molecule has 11 heteroatoms. The zero-order valence-corrected chi connectivity index (χ0v) is 22.7. The molecule has 3 heterocycles. The lowest BCUT2D eigenvalue weighted by Gasteiger charge is -2.40. The number of aryl methyl sites for hydroxylation is 1. The van der Waals surface area contributed by atoms with E-state index in [2.05, 4.69) is 10.3 Å². The van der Waals surface area contributed by atoms with Crippen molar-refractivity contribution in [3.8, 4) is 5.75 Å². The summed E-state index contributed by atoms with van der Waals surface area (Å²) in [5.74, 6) is -1.32. The number of hydrogen-bond acceptors (Lipinski definition) is 7. The Morgan fingerprint density at radius 3 is 2.46 bits per heavy atom. The summed E-state index contributed by atoms with van der Waals surface area (Å²) in [5, 5.41) is 13.6. The van der Waals surface area contributed by atoms with Crippen molar-refractivity contribution in [2.75, 3.05) is 29.0 Å². The summed E-state index contributed by atoms with van der Waals surface area (Å²) in [4.78, 5) is 33.9. The Morgan fingerprint density at radius 2 is 1.82 bits per heavy atom. The number of aromatic nitrogens is 2. The van der Waals surface area contributed by atoms with Crippen LogP contribution in [0.25, 0.3) is 5.65 Å². The average molecular weight is 539 g/mol. The highest BCUT2D eigenvalue weighted by Crippen LogP contribution is 2.39. The van der Waals surface area contributed by atoms with Gasteiger partial charge in [-0.25, -0.2) is 14.2 Å². The van der Waals surface area contributed by atoms with E-state index in [4.69, 9.17) is 10.5 Å². The first-order valence-electron chi connectivity index (χ1n) is 13.2. The van der Waals surface area contributed by atoms with Gasteiger partial charge in [0, 0.05) is 43.6 Å². The van der Waals surface area contributed by atoms with Crippen LogP contribution in [0.1, 0.15) is 62.5 Å². The molecule has 3 aromatic rings. The Labute approximate surface area is 226 Å². The van der Waals surface area contributed by atoms with E-state index in [1.807, 2.05) is 30.6 Å². The number of imidazole rings is 1. The van der Waals surface area contributed by atoms with Gasteiger partial charge in [0.25, 0.3) is 5.91 Å². The molecule has 2 amide bonds. The number of phenols is 1. The van der Waals surface area contributed by atoms with Gasteiger partial charge in [0.2, 0.25) is 0 Å². The minimum Gasteiger partial charge on any atom is -0.504 e. The van der Waals surface area contributed by atoms with Crippen LogP contribution < -0.4 is 16.0 Å². The zero-order valence-electron chi connectivity index (χ0n) is 22.7. The van der Waals surface area contributed by atoms with Crippen molar-refractivity contribution in [1.29, 1.82) is 0 Å². The van der Waals surface area contributed by atoms with Crippen LogP contribution in [0.5, 0.6) is 5.75 Å². The lowest BCUT2D eigenvalue weighted by atomic mass is 10.0. The summed E-state index contributed by atoms with van der Waals surface area (Å²) in [7, 11) is 0. The largest absolute Gasteiger partial charge is 0.504 e. The molecule has 10 nitrogen and oxygen atoms in total. The van der Waals surface area contributed by atoms with Crippen molar-refractivity contribution < 1.29 is 23.8 Å². The Morgan fingerprint density at radius 1 is 1.15 bits per heavy atom. The summed E-state index contributed by atoms with van der Waals surface area (Å²) in [6.45, 7) is 8.58. The zero-order chi connectivity index (χ0) is 28.1. The first kappa shape index (κ1) is 26.6. The predicted molar refractivity (Wildman–Crippen MR) is 147 cm³/mol.